The minimum atomic E-state index is -1.44. The Bertz CT molecular complexity index is 469. The average molecular weight is 321 g/mol. The summed E-state index contributed by atoms with van der Waals surface area (Å²) < 4.78 is 13.8. The lowest BCUT2D eigenvalue weighted by Gasteiger charge is -2.13. The highest BCUT2D eigenvalue weighted by atomic mass is 79.9. The summed E-state index contributed by atoms with van der Waals surface area (Å²) in [6.07, 6.45) is 0. The average Bonchev–Trinajstić information content (AvgIpc) is 2.30. The van der Waals surface area contributed by atoms with Crippen LogP contribution in [0.15, 0.2) is 22.7 Å². The first-order valence-electron chi connectivity index (χ1n) is 4.80. The van der Waals surface area contributed by atoms with Crippen molar-refractivity contribution in [2.45, 2.75) is 6.04 Å². The fourth-order valence-corrected chi connectivity index (χ4v) is 1.46. The summed E-state index contributed by atoms with van der Waals surface area (Å²) in [7, 11) is 0. The Hall–Kier alpha value is -1.67. The molecule has 0 spiro atoms. The number of carboxylic acid groups (broad SMARTS) is 1. The Balaban J connectivity index is 2.70. The molecule has 1 aromatic carbocycles. The number of aliphatic hydroxyl groups excluding tert-OH is 1. The topological polar surface area (TPSA) is 98.7 Å². The molecule has 0 radical (unpaired) electrons. The van der Waals surface area contributed by atoms with Gasteiger partial charge in [-0.3, -0.25) is 0 Å². The summed E-state index contributed by atoms with van der Waals surface area (Å²) in [6, 6.07) is 1.55. The van der Waals surface area contributed by atoms with E-state index < -0.39 is 30.5 Å². The first kappa shape index (κ1) is 14.4. The van der Waals surface area contributed by atoms with E-state index in [1.165, 1.54) is 12.1 Å². The van der Waals surface area contributed by atoms with Crippen LogP contribution in [0.2, 0.25) is 0 Å². The minimum Gasteiger partial charge on any atom is -0.480 e. The molecule has 0 saturated carbocycles. The number of urea groups is 1. The molecule has 0 bridgehead atoms. The number of halogens is 2. The number of carboxylic acids is 1. The van der Waals surface area contributed by atoms with Crippen LogP contribution >= 0.6 is 15.9 Å². The fraction of sp³-hybridized carbons (Fsp3) is 0.200. The van der Waals surface area contributed by atoms with E-state index in [0.29, 0.717) is 4.47 Å². The van der Waals surface area contributed by atoms with Gasteiger partial charge in [-0.15, -0.1) is 0 Å². The Kier molecular flexibility index (Phi) is 5.05. The van der Waals surface area contributed by atoms with E-state index in [9.17, 15) is 14.0 Å². The summed E-state index contributed by atoms with van der Waals surface area (Å²) in [5.74, 6) is -2.05. The van der Waals surface area contributed by atoms with Crippen LogP contribution in [0, 0.1) is 5.82 Å². The summed E-state index contributed by atoms with van der Waals surface area (Å²) in [6.45, 7) is -0.760. The zero-order valence-electron chi connectivity index (χ0n) is 8.98. The largest absolute Gasteiger partial charge is 0.480 e. The third kappa shape index (κ3) is 3.97. The van der Waals surface area contributed by atoms with Crippen LogP contribution in [-0.2, 0) is 4.79 Å². The third-order valence-electron chi connectivity index (χ3n) is 1.96. The van der Waals surface area contributed by atoms with Crippen molar-refractivity contribution in [3.8, 4) is 0 Å². The second-order valence-electron chi connectivity index (χ2n) is 3.30. The Morgan fingerprint density at radius 2 is 2.11 bits per heavy atom. The van der Waals surface area contributed by atoms with Gasteiger partial charge in [-0.25, -0.2) is 14.0 Å². The van der Waals surface area contributed by atoms with Gasteiger partial charge in [0.25, 0.3) is 0 Å². The number of hydrogen-bond donors (Lipinski definition) is 4. The smallest absolute Gasteiger partial charge is 0.328 e. The minimum absolute atomic E-state index is 0.107. The van der Waals surface area contributed by atoms with Gasteiger partial charge in [-0.2, -0.15) is 0 Å². The van der Waals surface area contributed by atoms with Crippen LogP contribution in [0.25, 0.3) is 0 Å². The summed E-state index contributed by atoms with van der Waals surface area (Å²) in [5.41, 5.74) is -0.107. The van der Waals surface area contributed by atoms with E-state index in [1.807, 2.05) is 5.32 Å². The molecule has 0 aromatic heterocycles. The van der Waals surface area contributed by atoms with Gasteiger partial charge in [0.05, 0.1) is 12.3 Å². The van der Waals surface area contributed by atoms with Crippen molar-refractivity contribution in [1.29, 1.82) is 0 Å². The van der Waals surface area contributed by atoms with E-state index in [1.54, 1.807) is 0 Å². The predicted molar refractivity (Wildman–Crippen MR) is 64.8 cm³/mol. The lowest BCUT2D eigenvalue weighted by atomic mass is 10.3. The lowest BCUT2D eigenvalue weighted by Crippen LogP contribution is -2.45. The number of aliphatic carboxylic acids is 1. The van der Waals surface area contributed by atoms with Gasteiger partial charge in [-0.05, 0) is 18.2 Å². The van der Waals surface area contributed by atoms with Crippen LogP contribution in [0.3, 0.4) is 0 Å². The molecule has 0 aliphatic rings. The molecule has 0 heterocycles. The maximum Gasteiger partial charge on any atom is 0.328 e. The van der Waals surface area contributed by atoms with Crippen molar-refractivity contribution in [2.75, 3.05) is 11.9 Å². The second-order valence-corrected chi connectivity index (χ2v) is 4.21. The van der Waals surface area contributed by atoms with Crippen LogP contribution < -0.4 is 10.6 Å². The highest BCUT2D eigenvalue weighted by molar-refractivity contribution is 9.10. The van der Waals surface area contributed by atoms with E-state index in [4.69, 9.17) is 10.2 Å². The van der Waals surface area contributed by atoms with E-state index in [2.05, 4.69) is 21.2 Å². The quantitative estimate of drug-likeness (QED) is 0.669. The number of rotatable bonds is 4. The number of carbonyl (C=O) groups is 2. The van der Waals surface area contributed by atoms with E-state index in [0.717, 1.165) is 6.07 Å². The van der Waals surface area contributed by atoms with Crippen molar-refractivity contribution < 1.29 is 24.2 Å². The second kappa shape index (κ2) is 6.31. The zero-order valence-corrected chi connectivity index (χ0v) is 10.6. The van der Waals surface area contributed by atoms with E-state index in [-0.39, 0.29) is 5.69 Å². The first-order chi connectivity index (χ1) is 8.43. The molecule has 2 amide bonds. The molecule has 1 rings (SSSR count). The molecule has 0 aliphatic carbocycles. The number of benzene rings is 1. The van der Waals surface area contributed by atoms with Crippen LogP contribution in [0.4, 0.5) is 14.9 Å². The molecule has 0 saturated heterocycles. The fourth-order valence-electron chi connectivity index (χ4n) is 1.10. The molecule has 98 valence electrons. The van der Waals surface area contributed by atoms with Gasteiger partial charge < -0.3 is 20.8 Å². The molecule has 1 aromatic rings. The number of nitrogens with one attached hydrogen (secondary N) is 2. The SMILES string of the molecule is O=C(Nc1cc(Br)ccc1F)N[C@@H](CO)C(=O)O. The van der Waals surface area contributed by atoms with Crippen LogP contribution in [-0.4, -0.2) is 34.9 Å². The van der Waals surface area contributed by atoms with Crippen LogP contribution in [0.5, 0.6) is 0 Å². The summed E-state index contributed by atoms with van der Waals surface area (Å²) in [4.78, 5) is 21.9. The molecular weight excluding hydrogens is 311 g/mol. The molecule has 0 aliphatic heterocycles. The maximum atomic E-state index is 13.3. The van der Waals surface area contributed by atoms with Crippen molar-refractivity contribution >= 4 is 33.6 Å². The number of carbonyl (C=O) groups excluding carboxylic acids is 1. The lowest BCUT2D eigenvalue weighted by molar-refractivity contribution is -0.140. The van der Waals surface area contributed by atoms with Gasteiger partial charge in [0.15, 0.2) is 6.04 Å². The Labute approximate surface area is 110 Å². The molecular formula is C10H10BrFN2O4. The molecule has 8 heteroatoms. The predicted octanol–water partition coefficient (Wildman–Crippen LogP) is 1.16. The molecule has 18 heavy (non-hydrogen) atoms. The third-order valence-corrected chi connectivity index (χ3v) is 2.46. The molecule has 6 nitrogen and oxygen atoms in total. The maximum absolute atomic E-state index is 13.3. The highest BCUT2D eigenvalue weighted by Crippen LogP contribution is 2.19. The molecule has 4 N–H and O–H groups in total. The van der Waals surface area contributed by atoms with Crippen molar-refractivity contribution in [3.05, 3.63) is 28.5 Å². The highest BCUT2D eigenvalue weighted by Gasteiger charge is 2.19. The van der Waals surface area contributed by atoms with Gasteiger partial charge in [0.2, 0.25) is 0 Å². The van der Waals surface area contributed by atoms with Crippen molar-refractivity contribution in [2.24, 2.45) is 0 Å². The van der Waals surface area contributed by atoms with Crippen LogP contribution in [0.1, 0.15) is 0 Å². The summed E-state index contributed by atoms with van der Waals surface area (Å²) >= 11 is 3.10. The normalized spacial score (nSPS) is 11.7. The van der Waals surface area contributed by atoms with Crippen molar-refractivity contribution in [1.82, 2.24) is 5.32 Å². The van der Waals surface area contributed by atoms with Gasteiger partial charge in [0.1, 0.15) is 5.82 Å². The van der Waals surface area contributed by atoms with E-state index >= 15 is 0 Å². The Morgan fingerprint density at radius 3 is 2.67 bits per heavy atom. The van der Waals surface area contributed by atoms with Crippen molar-refractivity contribution in [3.63, 3.8) is 0 Å². The number of hydrogen-bond acceptors (Lipinski definition) is 3. The number of aliphatic hydroxyl groups is 1. The number of anilines is 1. The van der Waals surface area contributed by atoms with Gasteiger partial charge in [-0.1, -0.05) is 15.9 Å². The van der Waals surface area contributed by atoms with Gasteiger partial charge >= 0.3 is 12.0 Å². The Morgan fingerprint density at radius 1 is 1.44 bits per heavy atom. The monoisotopic (exact) mass is 320 g/mol. The first-order valence-corrected chi connectivity index (χ1v) is 5.59. The zero-order chi connectivity index (χ0) is 13.7. The number of amides is 2. The molecule has 0 fully saturated rings. The summed E-state index contributed by atoms with van der Waals surface area (Å²) in [5, 5.41) is 21.4. The van der Waals surface area contributed by atoms with Gasteiger partial charge in [0, 0.05) is 4.47 Å². The molecule has 1 atom stereocenters. The standard InChI is InChI=1S/C10H10BrFN2O4/c11-5-1-2-6(12)7(3-5)13-10(18)14-8(4-15)9(16)17/h1-3,8,15H,4H2,(H,16,17)(H2,13,14,18)/t8-/m0/s1. The molecule has 0 unspecified atom stereocenters.